The first kappa shape index (κ1) is 15.4. The second kappa shape index (κ2) is 6.16. The van der Waals surface area contributed by atoms with Gasteiger partial charge < -0.3 is 14.7 Å². The van der Waals surface area contributed by atoms with E-state index in [-0.39, 0.29) is 19.1 Å². The Hall–Kier alpha value is -2.04. The topological polar surface area (TPSA) is 66.8 Å². The second-order valence-corrected chi connectivity index (χ2v) is 5.68. The first-order chi connectivity index (χ1) is 9.96. The first-order valence-electron chi connectivity index (χ1n) is 7.18. The number of aliphatic carboxylic acids is 1. The van der Waals surface area contributed by atoms with E-state index >= 15 is 0 Å². The highest BCUT2D eigenvalue weighted by atomic mass is 16.5. The lowest BCUT2D eigenvalue weighted by Crippen LogP contribution is -2.37. The molecule has 1 heterocycles. The zero-order chi connectivity index (χ0) is 15.5. The smallest absolute Gasteiger partial charge is 0.311 e. The Bertz CT molecular complexity index is 543. The number of ether oxygens (including phenoxy) is 1. The van der Waals surface area contributed by atoms with Crippen LogP contribution in [-0.4, -0.2) is 41.6 Å². The van der Waals surface area contributed by atoms with Gasteiger partial charge in [-0.05, 0) is 31.4 Å². The van der Waals surface area contributed by atoms with Crippen molar-refractivity contribution >= 4 is 11.9 Å². The van der Waals surface area contributed by atoms with E-state index in [4.69, 9.17) is 4.74 Å². The molecule has 114 valence electrons. The zero-order valence-corrected chi connectivity index (χ0v) is 12.5. The lowest BCUT2D eigenvalue weighted by molar-refractivity contribution is -0.147. The second-order valence-electron chi connectivity index (χ2n) is 5.68. The van der Waals surface area contributed by atoms with Crippen LogP contribution in [0.15, 0.2) is 24.3 Å². The molecule has 1 aliphatic heterocycles. The van der Waals surface area contributed by atoms with E-state index in [2.05, 4.69) is 0 Å². The van der Waals surface area contributed by atoms with E-state index in [9.17, 15) is 14.7 Å². The van der Waals surface area contributed by atoms with Crippen molar-refractivity contribution in [3.8, 4) is 5.75 Å². The number of amides is 1. The van der Waals surface area contributed by atoms with Crippen molar-refractivity contribution in [1.82, 2.24) is 4.90 Å². The molecule has 1 saturated heterocycles. The molecule has 21 heavy (non-hydrogen) atoms. The lowest BCUT2D eigenvalue weighted by atomic mass is 9.90. The van der Waals surface area contributed by atoms with Gasteiger partial charge in [-0.2, -0.15) is 0 Å². The van der Waals surface area contributed by atoms with E-state index in [0.29, 0.717) is 18.7 Å². The monoisotopic (exact) mass is 291 g/mol. The minimum absolute atomic E-state index is 0.0489. The van der Waals surface area contributed by atoms with E-state index in [1.54, 1.807) is 11.8 Å². The van der Waals surface area contributed by atoms with Crippen LogP contribution in [-0.2, 0) is 16.0 Å². The maximum Gasteiger partial charge on any atom is 0.311 e. The number of benzene rings is 1. The number of rotatable bonds is 5. The van der Waals surface area contributed by atoms with Crippen LogP contribution in [0.1, 0.15) is 25.8 Å². The third kappa shape index (κ3) is 3.35. The molecule has 0 bridgehead atoms. The molecule has 5 nitrogen and oxygen atoms in total. The van der Waals surface area contributed by atoms with Crippen molar-refractivity contribution in [1.29, 1.82) is 0 Å². The molecule has 1 atom stereocenters. The normalized spacial score (nSPS) is 21.3. The van der Waals surface area contributed by atoms with Crippen LogP contribution >= 0.6 is 0 Å². The van der Waals surface area contributed by atoms with Crippen LogP contribution in [0.25, 0.3) is 0 Å². The Kier molecular flexibility index (Phi) is 4.50. The van der Waals surface area contributed by atoms with Gasteiger partial charge in [-0.3, -0.25) is 9.59 Å². The number of carboxylic acid groups (broad SMARTS) is 1. The molecule has 1 aromatic carbocycles. The number of carbonyl (C=O) groups is 2. The van der Waals surface area contributed by atoms with Crippen molar-refractivity contribution in [2.75, 3.05) is 19.7 Å². The van der Waals surface area contributed by atoms with Gasteiger partial charge in [-0.1, -0.05) is 25.1 Å². The van der Waals surface area contributed by atoms with Gasteiger partial charge in [0.15, 0.2) is 6.61 Å². The maximum absolute atomic E-state index is 12.1. The van der Waals surface area contributed by atoms with Gasteiger partial charge in [-0.15, -0.1) is 0 Å². The molecule has 1 aliphatic rings. The maximum atomic E-state index is 12.1. The number of hydrogen-bond acceptors (Lipinski definition) is 3. The summed E-state index contributed by atoms with van der Waals surface area (Å²) in [7, 11) is 0. The van der Waals surface area contributed by atoms with Crippen LogP contribution in [0.4, 0.5) is 0 Å². The molecule has 1 N–H and O–H groups in total. The molecule has 1 fully saturated rings. The third-order valence-electron chi connectivity index (χ3n) is 4.05. The summed E-state index contributed by atoms with van der Waals surface area (Å²) in [5.74, 6) is -0.297. The number of hydrogen-bond donors (Lipinski definition) is 1. The molecule has 0 radical (unpaired) electrons. The molecule has 0 spiro atoms. The number of aryl methyl sites for hydroxylation is 1. The number of carboxylic acids is 1. The van der Waals surface area contributed by atoms with Gasteiger partial charge in [0, 0.05) is 13.1 Å². The number of para-hydroxylation sites is 1. The highest BCUT2D eigenvalue weighted by molar-refractivity contribution is 5.81. The highest BCUT2D eigenvalue weighted by Crippen LogP contribution is 2.30. The van der Waals surface area contributed by atoms with Gasteiger partial charge in [0.25, 0.3) is 5.91 Å². The summed E-state index contributed by atoms with van der Waals surface area (Å²) in [5, 5.41) is 9.18. The quantitative estimate of drug-likeness (QED) is 0.900. The Morgan fingerprint density at radius 1 is 1.38 bits per heavy atom. The average molecular weight is 291 g/mol. The average Bonchev–Trinajstić information content (AvgIpc) is 2.89. The summed E-state index contributed by atoms with van der Waals surface area (Å²) in [6.07, 6.45) is 1.32. The van der Waals surface area contributed by atoms with Crippen molar-refractivity contribution < 1.29 is 19.4 Å². The van der Waals surface area contributed by atoms with Crippen molar-refractivity contribution in [2.45, 2.75) is 26.7 Å². The molecule has 0 aliphatic carbocycles. The molecule has 1 aromatic rings. The highest BCUT2D eigenvalue weighted by Gasteiger charge is 2.42. The first-order valence-corrected chi connectivity index (χ1v) is 7.18. The predicted molar refractivity (Wildman–Crippen MR) is 78.3 cm³/mol. The molecule has 0 aromatic heterocycles. The van der Waals surface area contributed by atoms with E-state index < -0.39 is 11.4 Å². The van der Waals surface area contributed by atoms with Crippen LogP contribution < -0.4 is 4.74 Å². The predicted octanol–water partition coefficient (Wildman–Crippen LogP) is 1.95. The minimum Gasteiger partial charge on any atom is -0.483 e. The Labute approximate surface area is 124 Å². The van der Waals surface area contributed by atoms with Crippen LogP contribution in [0.2, 0.25) is 0 Å². The molecule has 1 unspecified atom stereocenters. The summed E-state index contributed by atoms with van der Waals surface area (Å²) < 4.78 is 5.59. The lowest BCUT2D eigenvalue weighted by Gasteiger charge is -2.20. The van der Waals surface area contributed by atoms with E-state index in [1.165, 1.54) is 0 Å². The molecule has 1 amide bonds. The van der Waals surface area contributed by atoms with Crippen molar-refractivity contribution in [2.24, 2.45) is 5.41 Å². The van der Waals surface area contributed by atoms with Gasteiger partial charge in [0.2, 0.25) is 0 Å². The SMILES string of the molecule is CCc1ccccc1OCC(=O)N1CCC(C)(C(=O)O)C1. The van der Waals surface area contributed by atoms with Gasteiger partial charge in [-0.25, -0.2) is 0 Å². The fourth-order valence-electron chi connectivity index (χ4n) is 2.52. The number of carbonyl (C=O) groups excluding carboxylic acids is 1. The summed E-state index contributed by atoms with van der Waals surface area (Å²) >= 11 is 0. The molecular formula is C16H21NO4. The fraction of sp³-hybridized carbons (Fsp3) is 0.500. The third-order valence-corrected chi connectivity index (χ3v) is 4.05. The fourth-order valence-corrected chi connectivity index (χ4v) is 2.52. The standard InChI is InChI=1S/C16H21NO4/c1-3-12-6-4-5-7-13(12)21-10-14(18)17-9-8-16(2,11-17)15(19)20/h4-7H,3,8-11H2,1-2H3,(H,19,20). The van der Waals surface area contributed by atoms with E-state index in [0.717, 1.165) is 12.0 Å². The van der Waals surface area contributed by atoms with Gasteiger partial charge in [0.1, 0.15) is 5.75 Å². The summed E-state index contributed by atoms with van der Waals surface area (Å²) in [6.45, 7) is 4.38. The number of nitrogens with zero attached hydrogens (tertiary/aromatic N) is 1. The van der Waals surface area contributed by atoms with Crippen molar-refractivity contribution in [3.63, 3.8) is 0 Å². The van der Waals surface area contributed by atoms with Gasteiger partial charge in [0.05, 0.1) is 5.41 Å². The van der Waals surface area contributed by atoms with Crippen molar-refractivity contribution in [3.05, 3.63) is 29.8 Å². The summed E-state index contributed by atoms with van der Waals surface area (Å²) in [6, 6.07) is 7.62. The molecule has 2 rings (SSSR count). The minimum atomic E-state index is -0.852. The Morgan fingerprint density at radius 2 is 2.10 bits per heavy atom. The van der Waals surface area contributed by atoms with Crippen LogP contribution in [0.3, 0.4) is 0 Å². The summed E-state index contributed by atoms with van der Waals surface area (Å²) in [4.78, 5) is 24.9. The van der Waals surface area contributed by atoms with E-state index in [1.807, 2.05) is 31.2 Å². The Balaban J connectivity index is 1.93. The van der Waals surface area contributed by atoms with Gasteiger partial charge >= 0.3 is 5.97 Å². The van der Waals surface area contributed by atoms with Crippen LogP contribution in [0.5, 0.6) is 5.75 Å². The van der Waals surface area contributed by atoms with Crippen LogP contribution in [0, 0.1) is 5.41 Å². The number of likely N-dealkylation sites (tertiary alicyclic amines) is 1. The largest absolute Gasteiger partial charge is 0.483 e. The molecular weight excluding hydrogens is 270 g/mol. The molecule has 5 heteroatoms. The summed E-state index contributed by atoms with van der Waals surface area (Å²) in [5.41, 5.74) is 0.221. The zero-order valence-electron chi connectivity index (χ0n) is 12.5. The molecule has 0 saturated carbocycles. The Morgan fingerprint density at radius 3 is 2.71 bits per heavy atom.